The van der Waals surface area contributed by atoms with Gasteiger partial charge in [0.25, 0.3) is 5.91 Å². The van der Waals surface area contributed by atoms with Crippen LogP contribution in [0.4, 0.5) is 5.13 Å². The molecular weight excluding hydrogens is 480 g/mol. The number of benzene rings is 2. The van der Waals surface area contributed by atoms with E-state index < -0.39 is 15.9 Å². The summed E-state index contributed by atoms with van der Waals surface area (Å²) >= 11 is 2.79. The number of ether oxygens (including phenoxy) is 1. The molecule has 1 amide bonds. The van der Waals surface area contributed by atoms with Gasteiger partial charge in [-0.3, -0.25) is 10.1 Å². The van der Waals surface area contributed by atoms with Gasteiger partial charge in [-0.25, -0.2) is 8.42 Å². The van der Waals surface area contributed by atoms with Gasteiger partial charge in [0.05, 0.1) is 17.6 Å². The molecule has 3 aromatic rings. The van der Waals surface area contributed by atoms with Gasteiger partial charge in [0.2, 0.25) is 15.2 Å². The number of carbonyl (C=O) groups excluding carboxylic acids is 1. The highest BCUT2D eigenvalue weighted by Gasteiger charge is 2.28. The number of hydrogen-bond donors (Lipinski definition) is 1. The maximum Gasteiger partial charge on any atom is 0.261 e. The summed E-state index contributed by atoms with van der Waals surface area (Å²) in [5.74, 6) is 0.528. The van der Waals surface area contributed by atoms with Crippen molar-refractivity contribution in [3.8, 4) is 5.75 Å². The molecule has 1 aromatic heterocycles. The van der Waals surface area contributed by atoms with Crippen LogP contribution in [-0.2, 0) is 15.8 Å². The highest BCUT2D eigenvalue weighted by Crippen LogP contribution is 2.30. The molecule has 4 rings (SSSR count). The monoisotopic (exact) mass is 504 g/mol. The summed E-state index contributed by atoms with van der Waals surface area (Å²) in [7, 11) is -2.24. The molecule has 0 aliphatic carbocycles. The Bertz CT molecular complexity index is 1210. The molecule has 1 N–H and O–H groups in total. The Morgan fingerprint density at radius 2 is 1.88 bits per heavy atom. The first kappa shape index (κ1) is 23.7. The zero-order chi connectivity index (χ0) is 23.3. The summed E-state index contributed by atoms with van der Waals surface area (Å²) in [6, 6.07) is 14.3. The first-order valence-electron chi connectivity index (χ1n) is 10.5. The Morgan fingerprint density at radius 1 is 1.12 bits per heavy atom. The van der Waals surface area contributed by atoms with Crippen molar-refractivity contribution in [2.24, 2.45) is 0 Å². The van der Waals surface area contributed by atoms with E-state index in [2.05, 4.69) is 15.5 Å². The number of sulfonamides is 1. The van der Waals surface area contributed by atoms with Gasteiger partial charge in [-0.2, -0.15) is 4.31 Å². The third-order valence-electron chi connectivity index (χ3n) is 5.20. The fourth-order valence-electron chi connectivity index (χ4n) is 3.48. The Kier molecular flexibility index (Phi) is 7.63. The minimum Gasteiger partial charge on any atom is -0.496 e. The molecule has 0 atom stereocenters. The van der Waals surface area contributed by atoms with Crippen molar-refractivity contribution in [2.75, 3.05) is 25.5 Å². The van der Waals surface area contributed by atoms with E-state index in [1.165, 1.54) is 58.3 Å². The minimum atomic E-state index is -3.68. The van der Waals surface area contributed by atoms with E-state index in [9.17, 15) is 13.2 Å². The molecule has 11 heteroatoms. The quantitative estimate of drug-likeness (QED) is 0.361. The Hall–Kier alpha value is -2.47. The van der Waals surface area contributed by atoms with E-state index in [1.807, 2.05) is 30.3 Å². The molecule has 1 fully saturated rings. The molecule has 8 nitrogen and oxygen atoms in total. The molecule has 1 saturated heterocycles. The molecule has 0 saturated carbocycles. The van der Waals surface area contributed by atoms with Crippen molar-refractivity contribution in [1.82, 2.24) is 14.5 Å². The smallest absolute Gasteiger partial charge is 0.261 e. The van der Waals surface area contributed by atoms with Crippen LogP contribution in [0.1, 0.15) is 35.2 Å². The number of thioether (sulfide) groups is 1. The van der Waals surface area contributed by atoms with Crippen molar-refractivity contribution < 1.29 is 17.9 Å². The fraction of sp³-hybridized carbons (Fsp3) is 0.318. The second-order valence-corrected chi connectivity index (χ2v) is 11.6. The van der Waals surface area contributed by atoms with Crippen LogP contribution in [0.5, 0.6) is 5.75 Å². The average molecular weight is 505 g/mol. The van der Waals surface area contributed by atoms with E-state index in [0.717, 1.165) is 29.4 Å². The topological polar surface area (TPSA) is 101 Å². The Balaban J connectivity index is 1.48. The predicted molar refractivity (Wildman–Crippen MR) is 129 cm³/mol. The largest absolute Gasteiger partial charge is 0.496 e. The number of piperidine rings is 1. The molecule has 2 heterocycles. The van der Waals surface area contributed by atoms with Crippen LogP contribution in [0.15, 0.2) is 57.8 Å². The van der Waals surface area contributed by atoms with Crippen LogP contribution in [0.3, 0.4) is 0 Å². The van der Waals surface area contributed by atoms with Crippen LogP contribution < -0.4 is 10.1 Å². The summed E-state index contributed by atoms with van der Waals surface area (Å²) in [6.45, 7) is 0.980. The van der Waals surface area contributed by atoms with Crippen LogP contribution >= 0.6 is 23.1 Å². The molecule has 174 valence electrons. The van der Waals surface area contributed by atoms with Crippen molar-refractivity contribution in [2.45, 2.75) is 34.3 Å². The van der Waals surface area contributed by atoms with Gasteiger partial charge in [0.15, 0.2) is 4.34 Å². The first-order chi connectivity index (χ1) is 16.0. The molecule has 0 bridgehead atoms. The predicted octanol–water partition coefficient (Wildman–Crippen LogP) is 4.27. The number of carbonyl (C=O) groups is 1. The van der Waals surface area contributed by atoms with Crippen molar-refractivity contribution in [3.05, 3.63) is 59.7 Å². The van der Waals surface area contributed by atoms with E-state index in [-0.39, 0.29) is 16.2 Å². The number of aromatic nitrogens is 2. The van der Waals surface area contributed by atoms with Crippen molar-refractivity contribution in [3.63, 3.8) is 0 Å². The lowest BCUT2D eigenvalue weighted by atomic mass is 10.2. The number of rotatable bonds is 8. The third-order valence-corrected chi connectivity index (χ3v) is 9.14. The summed E-state index contributed by atoms with van der Waals surface area (Å²) in [6.07, 6.45) is 2.70. The summed E-state index contributed by atoms with van der Waals surface area (Å²) < 4.78 is 33.6. The number of methoxy groups -OCH3 is 1. The number of hydrogen-bond acceptors (Lipinski definition) is 8. The van der Waals surface area contributed by atoms with Gasteiger partial charge in [-0.05, 0) is 36.6 Å². The van der Waals surface area contributed by atoms with Gasteiger partial charge in [0.1, 0.15) is 5.75 Å². The highest BCUT2D eigenvalue weighted by atomic mass is 32.2. The zero-order valence-corrected chi connectivity index (χ0v) is 20.5. The number of amides is 1. The van der Waals surface area contributed by atoms with E-state index in [1.54, 1.807) is 0 Å². The van der Waals surface area contributed by atoms with E-state index in [0.29, 0.717) is 18.2 Å². The maximum absolute atomic E-state index is 13.0. The second-order valence-electron chi connectivity index (χ2n) is 7.43. The lowest BCUT2D eigenvalue weighted by Gasteiger charge is -2.26. The van der Waals surface area contributed by atoms with Crippen molar-refractivity contribution >= 4 is 44.2 Å². The molecule has 0 unspecified atom stereocenters. The molecule has 33 heavy (non-hydrogen) atoms. The van der Waals surface area contributed by atoms with Crippen LogP contribution in [-0.4, -0.2) is 49.0 Å². The van der Waals surface area contributed by atoms with Gasteiger partial charge in [-0.15, -0.1) is 10.2 Å². The van der Waals surface area contributed by atoms with Crippen LogP contribution in [0.25, 0.3) is 0 Å². The van der Waals surface area contributed by atoms with Gasteiger partial charge >= 0.3 is 0 Å². The average Bonchev–Trinajstić information content (AvgIpc) is 3.30. The zero-order valence-electron chi connectivity index (χ0n) is 18.1. The third kappa shape index (κ3) is 5.72. The van der Waals surface area contributed by atoms with Gasteiger partial charge < -0.3 is 4.74 Å². The lowest BCUT2D eigenvalue weighted by Crippen LogP contribution is -2.35. The normalized spacial score (nSPS) is 14.7. The molecule has 2 aromatic carbocycles. The number of anilines is 1. The Labute approximate surface area is 201 Å². The molecular formula is C22H24N4O4S3. The van der Waals surface area contributed by atoms with E-state index >= 15 is 0 Å². The maximum atomic E-state index is 13.0. The van der Waals surface area contributed by atoms with Gasteiger partial charge in [0, 0.05) is 18.8 Å². The molecule has 0 radical (unpaired) electrons. The summed E-state index contributed by atoms with van der Waals surface area (Å²) in [5.41, 5.74) is 1.30. The molecule has 1 aliphatic heterocycles. The first-order valence-corrected chi connectivity index (χ1v) is 13.7. The lowest BCUT2D eigenvalue weighted by molar-refractivity contribution is 0.102. The van der Waals surface area contributed by atoms with Crippen LogP contribution in [0.2, 0.25) is 0 Å². The number of nitrogens with one attached hydrogen (secondary N) is 1. The van der Waals surface area contributed by atoms with E-state index in [4.69, 9.17) is 4.74 Å². The van der Waals surface area contributed by atoms with Gasteiger partial charge in [-0.1, -0.05) is 59.9 Å². The summed E-state index contributed by atoms with van der Waals surface area (Å²) in [5, 5.41) is 11.2. The minimum absolute atomic E-state index is 0.0757. The fourth-order valence-corrected chi connectivity index (χ4v) is 6.73. The highest BCUT2D eigenvalue weighted by molar-refractivity contribution is 8.00. The Morgan fingerprint density at radius 3 is 2.61 bits per heavy atom. The summed E-state index contributed by atoms with van der Waals surface area (Å²) in [4.78, 5) is 13.0. The van der Waals surface area contributed by atoms with Crippen molar-refractivity contribution in [1.29, 1.82) is 0 Å². The second kappa shape index (κ2) is 10.6. The number of nitrogens with zero attached hydrogens (tertiary/aromatic N) is 3. The standard InChI is InChI=1S/C22H24N4O4S3/c1-30-19-11-10-17(33(28,29)26-12-6-3-7-13-26)14-18(19)20(27)23-21-24-25-22(32-21)31-15-16-8-4-2-5-9-16/h2,4-5,8-11,14H,3,6-7,12-13,15H2,1H3,(H,23,24,27). The molecule has 0 spiro atoms. The molecule has 1 aliphatic rings. The van der Waals surface area contributed by atoms with Crippen LogP contribution in [0, 0.1) is 0 Å². The SMILES string of the molecule is COc1ccc(S(=O)(=O)N2CCCCC2)cc1C(=O)Nc1nnc(SCc2ccccc2)s1.